The average molecular weight is 300 g/mol. The SMILES string of the molecule is CC1CC(C)(C)CC(CO)(NCc2ncc(Cl)n2C)C1. The van der Waals surface area contributed by atoms with Crippen LogP contribution in [0.2, 0.25) is 5.15 Å². The van der Waals surface area contributed by atoms with Crippen LogP contribution in [-0.2, 0) is 13.6 Å². The van der Waals surface area contributed by atoms with Crippen LogP contribution < -0.4 is 5.32 Å². The molecule has 1 heterocycles. The van der Waals surface area contributed by atoms with E-state index in [-0.39, 0.29) is 17.6 Å². The molecule has 2 N–H and O–H groups in total. The Morgan fingerprint density at radius 3 is 2.70 bits per heavy atom. The number of aliphatic hydroxyl groups is 1. The summed E-state index contributed by atoms with van der Waals surface area (Å²) in [5.74, 6) is 1.52. The van der Waals surface area contributed by atoms with Crippen LogP contribution in [0.15, 0.2) is 6.20 Å². The van der Waals surface area contributed by atoms with Crippen molar-refractivity contribution in [3.05, 3.63) is 17.2 Å². The first-order valence-electron chi connectivity index (χ1n) is 7.29. The number of aromatic nitrogens is 2. The van der Waals surface area contributed by atoms with Crippen LogP contribution in [0, 0.1) is 11.3 Å². The van der Waals surface area contributed by atoms with E-state index in [1.807, 2.05) is 11.6 Å². The molecule has 5 heteroatoms. The van der Waals surface area contributed by atoms with Crippen molar-refractivity contribution in [2.45, 2.75) is 52.1 Å². The van der Waals surface area contributed by atoms with Crippen molar-refractivity contribution in [3.8, 4) is 0 Å². The molecule has 2 atom stereocenters. The maximum atomic E-state index is 9.93. The molecule has 1 fully saturated rings. The zero-order valence-electron chi connectivity index (χ0n) is 12.9. The van der Waals surface area contributed by atoms with Gasteiger partial charge in [0.15, 0.2) is 0 Å². The summed E-state index contributed by atoms with van der Waals surface area (Å²) in [5, 5.41) is 14.1. The zero-order chi connectivity index (χ0) is 15.0. The Hall–Kier alpha value is -0.580. The van der Waals surface area contributed by atoms with E-state index < -0.39 is 0 Å². The van der Waals surface area contributed by atoms with Crippen LogP contribution in [0.25, 0.3) is 0 Å². The Morgan fingerprint density at radius 1 is 1.50 bits per heavy atom. The predicted octanol–water partition coefficient (Wildman–Crippen LogP) is 2.74. The molecule has 0 spiro atoms. The lowest BCUT2D eigenvalue weighted by Crippen LogP contribution is -2.55. The van der Waals surface area contributed by atoms with Gasteiger partial charge >= 0.3 is 0 Å². The first-order chi connectivity index (χ1) is 9.27. The van der Waals surface area contributed by atoms with Crippen molar-refractivity contribution < 1.29 is 5.11 Å². The van der Waals surface area contributed by atoms with Gasteiger partial charge in [-0.1, -0.05) is 32.4 Å². The standard InChI is InChI=1S/C15H26ClN3O/c1-11-5-14(2,3)9-15(6-11,10-20)18-8-13-17-7-12(16)19(13)4/h7,11,18,20H,5-6,8-10H2,1-4H3. The molecule has 114 valence electrons. The number of rotatable bonds is 4. The van der Waals surface area contributed by atoms with Gasteiger partial charge in [-0.15, -0.1) is 0 Å². The van der Waals surface area contributed by atoms with E-state index in [0.29, 0.717) is 17.6 Å². The molecule has 1 aromatic rings. The quantitative estimate of drug-likeness (QED) is 0.899. The van der Waals surface area contributed by atoms with Crippen molar-refractivity contribution in [1.29, 1.82) is 0 Å². The summed E-state index contributed by atoms with van der Waals surface area (Å²) in [6, 6.07) is 0. The third-order valence-corrected chi connectivity index (χ3v) is 4.76. The molecular formula is C15H26ClN3O. The van der Waals surface area contributed by atoms with E-state index in [4.69, 9.17) is 11.6 Å². The molecule has 1 saturated carbocycles. The lowest BCUT2D eigenvalue weighted by molar-refractivity contribution is 0.0346. The lowest BCUT2D eigenvalue weighted by atomic mass is 9.64. The molecule has 0 aromatic carbocycles. The normalized spacial score (nSPS) is 29.6. The predicted molar refractivity (Wildman–Crippen MR) is 81.7 cm³/mol. The second-order valence-electron chi connectivity index (χ2n) is 7.20. The minimum absolute atomic E-state index is 0.166. The Labute approximate surface area is 126 Å². The molecule has 2 unspecified atom stereocenters. The van der Waals surface area contributed by atoms with Crippen LogP contribution >= 0.6 is 11.6 Å². The first-order valence-corrected chi connectivity index (χ1v) is 7.67. The van der Waals surface area contributed by atoms with Crippen molar-refractivity contribution in [2.24, 2.45) is 18.4 Å². The van der Waals surface area contributed by atoms with Gasteiger partial charge in [0.2, 0.25) is 0 Å². The number of aliphatic hydroxyl groups excluding tert-OH is 1. The minimum atomic E-state index is -0.209. The summed E-state index contributed by atoms with van der Waals surface area (Å²) < 4.78 is 1.87. The summed E-state index contributed by atoms with van der Waals surface area (Å²) in [7, 11) is 1.91. The van der Waals surface area contributed by atoms with Gasteiger partial charge in [-0.25, -0.2) is 4.98 Å². The summed E-state index contributed by atoms with van der Waals surface area (Å²) >= 11 is 6.01. The molecule has 0 amide bonds. The number of nitrogens with one attached hydrogen (secondary N) is 1. The van der Waals surface area contributed by atoms with Crippen molar-refractivity contribution in [1.82, 2.24) is 14.9 Å². The van der Waals surface area contributed by atoms with Gasteiger partial charge in [0.25, 0.3) is 0 Å². The second kappa shape index (κ2) is 5.66. The fraction of sp³-hybridized carbons (Fsp3) is 0.800. The van der Waals surface area contributed by atoms with Crippen molar-refractivity contribution in [2.75, 3.05) is 6.61 Å². The van der Waals surface area contributed by atoms with Gasteiger partial charge in [0, 0.05) is 12.6 Å². The molecule has 1 aliphatic rings. The van der Waals surface area contributed by atoms with Gasteiger partial charge in [-0.2, -0.15) is 0 Å². The molecule has 2 rings (SSSR count). The van der Waals surface area contributed by atoms with E-state index in [1.165, 1.54) is 6.42 Å². The third kappa shape index (κ3) is 3.35. The smallest absolute Gasteiger partial charge is 0.128 e. The minimum Gasteiger partial charge on any atom is -0.394 e. The van der Waals surface area contributed by atoms with E-state index in [2.05, 4.69) is 31.1 Å². The molecule has 0 bridgehead atoms. The molecule has 0 aliphatic heterocycles. The Bertz CT molecular complexity index is 472. The average Bonchev–Trinajstić information content (AvgIpc) is 2.65. The van der Waals surface area contributed by atoms with Gasteiger partial charge in [-0.3, -0.25) is 0 Å². The highest BCUT2D eigenvalue weighted by Crippen LogP contribution is 2.43. The second-order valence-corrected chi connectivity index (χ2v) is 7.59. The van der Waals surface area contributed by atoms with E-state index in [9.17, 15) is 5.11 Å². The van der Waals surface area contributed by atoms with Crippen LogP contribution in [-0.4, -0.2) is 26.8 Å². The van der Waals surface area contributed by atoms with Crippen molar-refractivity contribution in [3.63, 3.8) is 0 Å². The van der Waals surface area contributed by atoms with Gasteiger partial charge in [0.1, 0.15) is 11.0 Å². The van der Waals surface area contributed by atoms with E-state index in [0.717, 1.165) is 18.7 Å². The van der Waals surface area contributed by atoms with E-state index in [1.54, 1.807) is 6.20 Å². The maximum absolute atomic E-state index is 9.93. The number of hydrogen-bond acceptors (Lipinski definition) is 3. The van der Waals surface area contributed by atoms with Crippen LogP contribution in [0.5, 0.6) is 0 Å². The number of nitrogens with zero attached hydrogens (tertiary/aromatic N) is 2. The molecule has 1 aliphatic carbocycles. The summed E-state index contributed by atoms with van der Waals surface area (Å²) in [6.07, 6.45) is 4.87. The highest BCUT2D eigenvalue weighted by atomic mass is 35.5. The maximum Gasteiger partial charge on any atom is 0.128 e. The lowest BCUT2D eigenvalue weighted by Gasteiger charge is -2.47. The monoisotopic (exact) mass is 299 g/mol. The highest BCUT2D eigenvalue weighted by molar-refractivity contribution is 6.29. The Kier molecular flexibility index (Phi) is 4.47. The van der Waals surface area contributed by atoms with Gasteiger partial charge in [0.05, 0.1) is 19.3 Å². The fourth-order valence-corrected chi connectivity index (χ4v) is 4.06. The number of halogens is 1. The summed E-state index contributed by atoms with van der Waals surface area (Å²) in [5.41, 5.74) is 0.0479. The number of imidazole rings is 1. The number of hydrogen-bond donors (Lipinski definition) is 2. The zero-order valence-corrected chi connectivity index (χ0v) is 13.7. The topological polar surface area (TPSA) is 50.1 Å². The van der Waals surface area contributed by atoms with Gasteiger partial charge < -0.3 is 15.0 Å². The van der Waals surface area contributed by atoms with Gasteiger partial charge in [-0.05, 0) is 30.6 Å². The first kappa shape index (κ1) is 15.8. The largest absolute Gasteiger partial charge is 0.394 e. The van der Waals surface area contributed by atoms with Crippen LogP contribution in [0.3, 0.4) is 0 Å². The Balaban J connectivity index is 2.10. The summed E-state index contributed by atoms with van der Waals surface area (Å²) in [6.45, 7) is 7.63. The van der Waals surface area contributed by atoms with Crippen LogP contribution in [0.1, 0.15) is 45.9 Å². The molecule has 20 heavy (non-hydrogen) atoms. The molecule has 4 nitrogen and oxygen atoms in total. The fourth-order valence-electron chi connectivity index (χ4n) is 3.91. The third-order valence-electron chi connectivity index (χ3n) is 4.41. The highest BCUT2D eigenvalue weighted by Gasteiger charge is 2.42. The Morgan fingerprint density at radius 2 is 2.20 bits per heavy atom. The summed E-state index contributed by atoms with van der Waals surface area (Å²) in [4.78, 5) is 4.31. The van der Waals surface area contributed by atoms with Crippen LogP contribution in [0.4, 0.5) is 0 Å². The van der Waals surface area contributed by atoms with Crippen molar-refractivity contribution >= 4 is 11.6 Å². The molecule has 0 radical (unpaired) electrons. The molecular weight excluding hydrogens is 274 g/mol. The molecule has 1 aromatic heterocycles. The molecule has 0 saturated heterocycles. The van der Waals surface area contributed by atoms with E-state index >= 15 is 0 Å².